The molecular weight excluding hydrogens is 486 g/mol. The summed E-state index contributed by atoms with van der Waals surface area (Å²) in [6.07, 6.45) is 0. The first-order valence-corrected chi connectivity index (χ1v) is 13.2. The fourth-order valence-corrected chi connectivity index (χ4v) is 6.09. The van der Waals surface area contributed by atoms with E-state index in [1.807, 2.05) is 13.8 Å². The lowest BCUT2D eigenvalue weighted by atomic mass is 10.2. The molecular formula is C25H25N3O5S2. The molecule has 8 nitrogen and oxygen atoms in total. The van der Waals surface area contributed by atoms with E-state index < -0.39 is 22.5 Å². The summed E-state index contributed by atoms with van der Waals surface area (Å²) in [4.78, 5) is 25.2. The Bertz CT molecular complexity index is 1520. The number of methoxy groups -OCH3 is 1. The number of aryl methyl sites for hydroxylation is 2. The minimum Gasteiger partial charge on any atom is -0.497 e. The van der Waals surface area contributed by atoms with Gasteiger partial charge in [-0.1, -0.05) is 29.0 Å². The number of hydrogen-bond donors (Lipinski definition) is 1. The molecule has 0 radical (unpaired) electrons. The first-order valence-electron chi connectivity index (χ1n) is 10.9. The molecule has 1 heterocycles. The number of carbonyl (C=O) groups is 1. The lowest BCUT2D eigenvalue weighted by molar-refractivity contribution is -0.114. The number of ether oxygens (including phenoxy) is 1. The smallest absolute Gasteiger partial charge is 0.308 e. The van der Waals surface area contributed by atoms with Crippen LogP contribution in [0.4, 0.5) is 11.4 Å². The molecule has 1 N–H and O–H groups in total. The molecule has 0 saturated heterocycles. The number of nitrogens with one attached hydrogen (secondary N) is 1. The van der Waals surface area contributed by atoms with Gasteiger partial charge in [0.05, 0.1) is 27.9 Å². The fourth-order valence-electron chi connectivity index (χ4n) is 3.68. The van der Waals surface area contributed by atoms with Gasteiger partial charge in [-0.3, -0.25) is 18.5 Å². The van der Waals surface area contributed by atoms with Gasteiger partial charge in [0.25, 0.3) is 10.0 Å². The molecule has 0 bridgehead atoms. The van der Waals surface area contributed by atoms with Crippen LogP contribution in [0.15, 0.2) is 76.4 Å². The van der Waals surface area contributed by atoms with Crippen molar-refractivity contribution in [3.63, 3.8) is 0 Å². The molecule has 0 spiro atoms. The average Bonchev–Trinajstić information content (AvgIpc) is 3.16. The second-order valence-electron chi connectivity index (χ2n) is 7.87. The maximum Gasteiger partial charge on any atom is 0.308 e. The first-order chi connectivity index (χ1) is 16.7. The highest BCUT2D eigenvalue weighted by molar-refractivity contribution is 7.92. The normalized spacial score (nSPS) is 11.4. The Hall–Kier alpha value is -3.63. The van der Waals surface area contributed by atoms with Gasteiger partial charge in [0.2, 0.25) is 5.91 Å². The second kappa shape index (κ2) is 9.93. The van der Waals surface area contributed by atoms with Crippen LogP contribution in [0.1, 0.15) is 12.5 Å². The Labute approximate surface area is 207 Å². The topological polar surface area (TPSA) is 97.7 Å². The van der Waals surface area contributed by atoms with E-state index in [1.54, 1.807) is 59.2 Å². The molecule has 1 aromatic heterocycles. The Balaban J connectivity index is 1.64. The maximum absolute atomic E-state index is 13.5. The molecule has 0 fully saturated rings. The van der Waals surface area contributed by atoms with Crippen LogP contribution in [0.5, 0.6) is 5.75 Å². The number of fused-ring (bicyclic) bond motifs is 1. The number of anilines is 2. The van der Waals surface area contributed by atoms with Crippen LogP contribution >= 0.6 is 11.3 Å². The molecule has 3 aromatic carbocycles. The Morgan fingerprint density at radius 2 is 1.74 bits per heavy atom. The number of nitrogens with zero attached hydrogens (tertiary/aromatic N) is 2. The van der Waals surface area contributed by atoms with E-state index in [0.29, 0.717) is 23.7 Å². The van der Waals surface area contributed by atoms with Crippen LogP contribution in [-0.4, -0.2) is 32.5 Å². The lowest BCUT2D eigenvalue weighted by Gasteiger charge is -2.24. The zero-order valence-corrected chi connectivity index (χ0v) is 21.2. The summed E-state index contributed by atoms with van der Waals surface area (Å²) in [6, 6.07) is 18.1. The summed E-state index contributed by atoms with van der Waals surface area (Å²) in [5.74, 6) is 0.0512. The SMILES string of the molecule is CCn1c(=O)sc2cc(NC(=O)CN(c3ccc(OC)cc3)S(=O)(=O)c3ccc(C)cc3)ccc21. The summed E-state index contributed by atoms with van der Waals surface area (Å²) >= 11 is 1.10. The third-order valence-electron chi connectivity index (χ3n) is 5.52. The largest absolute Gasteiger partial charge is 0.497 e. The van der Waals surface area contributed by atoms with E-state index in [0.717, 1.165) is 31.4 Å². The van der Waals surface area contributed by atoms with Gasteiger partial charge in [-0.15, -0.1) is 0 Å². The number of hydrogen-bond acceptors (Lipinski definition) is 6. The molecule has 0 atom stereocenters. The number of benzene rings is 3. The summed E-state index contributed by atoms with van der Waals surface area (Å²) in [5.41, 5.74) is 2.53. The Kier molecular flexibility index (Phi) is 6.95. The molecule has 0 saturated carbocycles. The summed E-state index contributed by atoms with van der Waals surface area (Å²) in [6.45, 7) is 3.88. The van der Waals surface area contributed by atoms with Crippen molar-refractivity contribution < 1.29 is 17.9 Å². The minimum atomic E-state index is -4.03. The number of sulfonamides is 1. The van der Waals surface area contributed by atoms with Crippen molar-refractivity contribution in [1.82, 2.24) is 4.57 Å². The third kappa shape index (κ3) is 5.08. The van der Waals surface area contributed by atoms with Crippen molar-refractivity contribution >= 4 is 48.9 Å². The van der Waals surface area contributed by atoms with Gasteiger partial charge in [0.1, 0.15) is 12.3 Å². The molecule has 0 aliphatic heterocycles. The summed E-state index contributed by atoms with van der Waals surface area (Å²) in [7, 11) is -2.51. The predicted molar refractivity (Wildman–Crippen MR) is 139 cm³/mol. The molecule has 35 heavy (non-hydrogen) atoms. The third-order valence-corrected chi connectivity index (χ3v) is 8.25. The van der Waals surface area contributed by atoms with E-state index in [4.69, 9.17) is 4.74 Å². The van der Waals surface area contributed by atoms with Crippen LogP contribution in [-0.2, 0) is 21.4 Å². The van der Waals surface area contributed by atoms with Gasteiger partial charge in [-0.05, 0) is 68.4 Å². The van der Waals surface area contributed by atoms with Gasteiger partial charge in [-0.25, -0.2) is 8.42 Å². The molecule has 10 heteroatoms. The van der Waals surface area contributed by atoms with Crippen molar-refractivity contribution in [2.45, 2.75) is 25.3 Å². The van der Waals surface area contributed by atoms with E-state index in [2.05, 4.69) is 5.32 Å². The minimum absolute atomic E-state index is 0.0687. The highest BCUT2D eigenvalue weighted by Crippen LogP contribution is 2.27. The van der Waals surface area contributed by atoms with Crippen LogP contribution in [0.3, 0.4) is 0 Å². The van der Waals surface area contributed by atoms with E-state index in [-0.39, 0.29) is 9.77 Å². The molecule has 0 aliphatic carbocycles. The Morgan fingerprint density at radius 3 is 2.37 bits per heavy atom. The van der Waals surface area contributed by atoms with Crippen LogP contribution in [0, 0.1) is 6.92 Å². The zero-order valence-electron chi connectivity index (χ0n) is 19.5. The number of thiazole rings is 1. The van der Waals surface area contributed by atoms with Gasteiger partial charge >= 0.3 is 4.87 Å². The quantitative estimate of drug-likeness (QED) is 0.382. The predicted octanol–water partition coefficient (Wildman–Crippen LogP) is 4.23. The van der Waals surface area contributed by atoms with E-state index in [1.165, 1.54) is 19.2 Å². The van der Waals surface area contributed by atoms with Gasteiger partial charge < -0.3 is 10.1 Å². The van der Waals surface area contributed by atoms with Crippen molar-refractivity contribution in [3.05, 3.63) is 82.0 Å². The highest BCUT2D eigenvalue weighted by atomic mass is 32.2. The van der Waals surface area contributed by atoms with Crippen LogP contribution < -0.4 is 19.2 Å². The number of carbonyl (C=O) groups excluding carboxylic acids is 1. The van der Waals surface area contributed by atoms with E-state index >= 15 is 0 Å². The number of aromatic nitrogens is 1. The van der Waals surface area contributed by atoms with Crippen molar-refractivity contribution in [2.75, 3.05) is 23.3 Å². The van der Waals surface area contributed by atoms with Gasteiger partial charge in [-0.2, -0.15) is 0 Å². The average molecular weight is 512 g/mol. The first kappa shape index (κ1) is 24.5. The van der Waals surface area contributed by atoms with Crippen LogP contribution in [0.2, 0.25) is 0 Å². The van der Waals surface area contributed by atoms with Gasteiger partial charge in [0, 0.05) is 12.2 Å². The molecule has 0 aliphatic rings. The fraction of sp³-hybridized carbons (Fsp3) is 0.200. The highest BCUT2D eigenvalue weighted by Gasteiger charge is 2.27. The molecule has 4 rings (SSSR count). The Morgan fingerprint density at radius 1 is 1.06 bits per heavy atom. The lowest BCUT2D eigenvalue weighted by Crippen LogP contribution is -2.38. The van der Waals surface area contributed by atoms with Crippen molar-refractivity contribution in [2.24, 2.45) is 0 Å². The molecule has 1 amide bonds. The molecule has 0 unspecified atom stereocenters. The van der Waals surface area contributed by atoms with Crippen molar-refractivity contribution in [3.8, 4) is 5.75 Å². The van der Waals surface area contributed by atoms with E-state index in [9.17, 15) is 18.0 Å². The zero-order chi connectivity index (χ0) is 25.2. The second-order valence-corrected chi connectivity index (χ2v) is 10.7. The number of amides is 1. The monoisotopic (exact) mass is 511 g/mol. The van der Waals surface area contributed by atoms with Gasteiger partial charge in [0.15, 0.2) is 0 Å². The van der Waals surface area contributed by atoms with Crippen molar-refractivity contribution in [1.29, 1.82) is 0 Å². The standard InChI is InChI=1S/C25H25N3O5S2/c1-4-27-22-14-7-18(15-23(22)34-25(27)30)26-24(29)16-28(19-8-10-20(33-3)11-9-19)35(31,32)21-12-5-17(2)6-13-21/h5-15H,4,16H2,1-3H3,(H,26,29). The maximum atomic E-state index is 13.5. The molecule has 4 aromatic rings. The summed E-state index contributed by atoms with van der Waals surface area (Å²) < 4.78 is 35.7. The molecule has 182 valence electrons. The number of rotatable bonds is 8. The van der Waals surface area contributed by atoms with Crippen LogP contribution in [0.25, 0.3) is 10.2 Å². The summed E-state index contributed by atoms with van der Waals surface area (Å²) in [5, 5.41) is 2.76.